The molecule has 2 aromatic rings. The van der Waals surface area contributed by atoms with Crippen molar-refractivity contribution < 1.29 is 24.2 Å². The second-order valence-electron chi connectivity index (χ2n) is 7.89. The Morgan fingerprint density at radius 3 is 2.39 bits per heavy atom. The molecule has 0 bridgehead atoms. The van der Waals surface area contributed by atoms with Crippen molar-refractivity contribution in [3.8, 4) is 5.75 Å². The van der Waals surface area contributed by atoms with E-state index in [-0.39, 0.29) is 17.4 Å². The van der Waals surface area contributed by atoms with Crippen LogP contribution < -0.4 is 4.74 Å². The van der Waals surface area contributed by atoms with E-state index in [0.29, 0.717) is 30.9 Å². The molecule has 2 aromatic carbocycles. The molecule has 164 valence electrons. The third-order valence-electron chi connectivity index (χ3n) is 5.27. The summed E-state index contributed by atoms with van der Waals surface area (Å²) in [7, 11) is 1.60. The van der Waals surface area contributed by atoms with Crippen LogP contribution in [0.25, 0.3) is 5.76 Å². The summed E-state index contributed by atoms with van der Waals surface area (Å²) in [6.45, 7) is 6.63. The molecule has 0 saturated carbocycles. The van der Waals surface area contributed by atoms with Crippen molar-refractivity contribution in [1.29, 1.82) is 0 Å². The third-order valence-corrected chi connectivity index (χ3v) is 5.27. The van der Waals surface area contributed by atoms with Gasteiger partial charge < -0.3 is 19.5 Å². The zero-order valence-corrected chi connectivity index (χ0v) is 18.4. The number of aliphatic hydroxyl groups is 1. The molecule has 1 N–H and O–H groups in total. The number of aliphatic hydroxyl groups excluding tert-OH is 1. The van der Waals surface area contributed by atoms with E-state index in [4.69, 9.17) is 9.47 Å². The van der Waals surface area contributed by atoms with Gasteiger partial charge in [0.05, 0.1) is 17.7 Å². The van der Waals surface area contributed by atoms with Gasteiger partial charge in [-0.15, -0.1) is 0 Å². The first-order valence-corrected chi connectivity index (χ1v) is 10.4. The number of ether oxygens (including phenoxy) is 2. The van der Waals surface area contributed by atoms with Crippen LogP contribution in [-0.4, -0.2) is 48.1 Å². The van der Waals surface area contributed by atoms with E-state index in [1.165, 1.54) is 4.90 Å². The minimum atomic E-state index is -0.675. The van der Waals surface area contributed by atoms with E-state index in [0.717, 1.165) is 11.1 Å². The predicted octanol–water partition coefficient (Wildman–Crippen LogP) is 4.24. The van der Waals surface area contributed by atoms with Crippen molar-refractivity contribution >= 4 is 17.4 Å². The summed E-state index contributed by atoms with van der Waals surface area (Å²) < 4.78 is 10.8. The first-order valence-electron chi connectivity index (χ1n) is 10.4. The first-order chi connectivity index (χ1) is 14.8. The van der Waals surface area contributed by atoms with Gasteiger partial charge >= 0.3 is 0 Å². The lowest BCUT2D eigenvalue weighted by Crippen LogP contribution is -2.31. The zero-order valence-electron chi connectivity index (χ0n) is 18.4. The molecular weight excluding hydrogens is 394 g/mol. The van der Waals surface area contributed by atoms with Gasteiger partial charge in [0.1, 0.15) is 11.5 Å². The Morgan fingerprint density at radius 1 is 1.10 bits per heavy atom. The first kappa shape index (κ1) is 22.6. The average molecular weight is 424 g/mol. The molecule has 1 unspecified atom stereocenters. The fourth-order valence-corrected chi connectivity index (χ4v) is 3.83. The topological polar surface area (TPSA) is 76.1 Å². The number of likely N-dealkylation sites (tertiary alicyclic amines) is 1. The van der Waals surface area contributed by atoms with Gasteiger partial charge in [-0.05, 0) is 62.6 Å². The van der Waals surface area contributed by atoms with Gasteiger partial charge in [0.25, 0.3) is 11.7 Å². The average Bonchev–Trinajstić information content (AvgIpc) is 2.99. The highest BCUT2D eigenvalue weighted by Crippen LogP contribution is 2.40. The van der Waals surface area contributed by atoms with E-state index in [1.807, 2.05) is 45.0 Å². The molecule has 0 spiro atoms. The molecule has 1 heterocycles. The fraction of sp³-hybridized carbons (Fsp3) is 0.360. The van der Waals surface area contributed by atoms with Crippen LogP contribution in [0.15, 0.2) is 54.1 Å². The van der Waals surface area contributed by atoms with Crippen LogP contribution in [0.2, 0.25) is 0 Å². The summed E-state index contributed by atoms with van der Waals surface area (Å²) in [6, 6.07) is 13.8. The number of amides is 1. The molecule has 1 amide bonds. The summed E-state index contributed by atoms with van der Waals surface area (Å²) in [6.07, 6.45) is 0.616. The summed E-state index contributed by atoms with van der Waals surface area (Å²) in [5.41, 5.74) is 2.33. The molecule has 0 radical (unpaired) electrons. The minimum absolute atomic E-state index is 0.0259. The summed E-state index contributed by atoms with van der Waals surface area (Å²) in [4.78, 5) is 27.4. The Balaban J connectivity index is 2.07. The van der Waals surface area contributed by atoms with E-state index >= 15 is 0 Å². The maximum Gasteiger partial charge on any atom is 0.295 e. The largest absolute Gasteiger partial charge is 0.507 e. The predicted molar refractivity (Wildman–Crippen MR) is 119 cm³/mol. The van der Waals surface area contributed by atoms with Crippen molar-refractivity contribution in [2.75, 3.05) is 20.3 Å². The summed E-state index contributed by atoms with van der Waals surface area (Å²) in [5, 5.41) is 11.1. The molecule has 1 saturated heterocycles. The Labute approximate surface area is 183 Å². The van der Waals surface area contributed by atoms with Crippen LogP contribution in [-0.2, 0) is 14.3 Å². The minimum Gasteiger partial charge on any atom is -0.507 e. The van der Waals surface area contributed by atoms with Gasteiger partial charge in [0.15, 0.2) is 0 Å². The quantitative estimate of drug-likeness (QED) is 0.297. The number of hydrogen-bond acceptors (Lipinski definition) is 5. The van der Waals surface area contributed by atoms with E-state index in [9.17, 15) is 14.7 Å². The number of carbonyl (C=O) groups excluding carboxylic acids is 2. The number of Topliss-reactive ketones (excluding diaryl/α,β-unsaturated/α-hetero) is 1. The van der Waals surface area contributed by atoms with Crippen molar-refractivity contribution in [3.63, 3.8) is 0 Å². The molecule has 3 rings (SSSR count). The maximum atomic E-state index is 13.0. The van der Waals surface area contributed by atoms with Crippen LogP contribution >= 0.6 is 0 Å². The lowest BCUT2D eigenvalue weighted by Gasteiger charge is -2.26. The van der Waals surface area contributed by atoms with Gasteiger partial charge in [-0.3, -0.25) is 9.59 Å². The Kier molecular flexibility index (Phi) is 7.13. The highest BCUT2D eigenvalue weighted by Gasteiger charge is 2.46. The third kappa shape index (κ3) is 4.80. The molecular formula is C25H29NO5. The summed E-state index contributed by atoms with van der Waals surface area (Å²) >= 11 is 0. The number of hydrogen-bond donors (Lipinski definition) is 1. The number of aryl methyl sites for hydroxylation is 1. The van der Waals surface area contributed by atoms with Crippen molar-refractivity contribution in [2.24, 2.45) is 0 Å². The number of ketones is 1. The lowest BCUT2D eigenvalue weighted by atomic mass is 9.92. The smallest absolute Gasteiger partial charge is 0.295 e. The Morgan fingerprint density at radius 2 is 1.77 bits per heavy atom. The Bertz CT molecular complexity index is 978. The standard InChI is InChI=1S/C25H29NO5/c1-16(2)31-19-12-10-18(11-13-19)23(27)21-22(20-9-6-5-8-17(20)3)26(14-7-15-30-4)25(29)24(21)28/h5-6,8-13,16,22,27H,7,14-15H2,1-4H3/b23-21-. The van der Waals surface area contributed by atoms with Crippen molar-refractivity contribution in [2.45, 2.75) is 39.3 Å². The number of methoxy groups -OCH3 is 1. The van der Waals surface area contributed by atoms with Gasteiger partial charge in [-0.2, -0.15) is 0 Å². The van der Waals surface area contributed by atoms with Gasteiger partial charge in [0.2, 0.25) is 0 Å². The highest BCUT2D eigenvalue weighted by atomic mass is 16.5. The van der Waals surface area contributed by atoms with Crippen LogP contribution in [0.1, 0.15) is 43.0 Å². The van der Waals surface area contributed by atoms with Gasteiger partial charge in [0, 0.05) is 25.8 Å². The number of rotatable bonds is 8. The monoisotopic (exact) mass is 423 g/mol. The zero-order chi connectivity index (χ0) is 22.5. The normalized spacial score (nSPS) is 18.1. The van der Waals surface area contributed by atoms with Gasteiger partial charge in [-0.25, -0.2) is 0 Å². The maximum absolute atomic E-state index is 13.0. The molecule has 1 aliphatic heterocycles. The highest BCUT2D eigenvalue weighted by molar-refractivity contribution is 6.46. The number of benzene rings is 2. The number of carbonyl (C=O) groups is 2. The molecule has 1 aliphatic rings. The molecule has 0 aromatic heterocycles. The second kappa shape index (κ2) is 9.79. The molecule has 31 heavy (non-hydrogen) atoms. The second-order valence-corrected chi connectivity index (χ2v) is 7.89. The van der Waals surface area contributed by atoms with Crippen molar-refractivity contribution in [3.05, 3.63) is 70.8 Å². The molecule has 1 atom stereocenters. The Hall–Kier alpha value is -3.12. The van der Waals surface area contributed by atoms with E-state index in [1.54, 1.807) is 31.4 Å². The van der Waals surface area contributed by atoms with E-state index < -0.39 is 17.7 Å². The van der Waals surface area contributed by atoms with Crippen LogP contribution in [0, 0.1) is 6.92 Å². The molecule has 6 nitrogen and oxygen atoms in total. The lowest BCUT2D eigenvalue weighted by molar-refractivity contribution is -0.140. The number of nitrogens with zero attached hydrogens (tertiary/aromatic N) is 1. The van der Waals surface area contributed by atoms with Crippen LogP contribution in [0.5, 0.6) is 5.75 Å². The molecule has 0 aliphatic carbocycles. The van der Waals surface area contributed by atoms with Crippen LogP contribution in [0.3, 0.4) is 0 Å². The molecule has 6 heteroatoms. The summed E-state index contributed by atoms with van der Waals surface area (Å²) in [5.74, 6) is -0.796. The van der Waals surface area contributed by atoms with Gasteiger partial charge in [-0.1, -0.05) is 24.3 Å². The van der Waals surface area contributed by atoms with Crippen LogP contribution in [0.4, 0.5) is 0 Å². The molecule has 1 fully saturated rings. The fourth-order valence-electron chi connectivity index (χ4n) is 3.83. The SMILES string of the molecule is COCCCN1C(=O)C(=O)/C(=C(\O)c2ccc(OC(C)C)cc2)C1c1ccccc1C. The van der Waals surface area contributed by atoms with Crippen molar-refractivity contribution in [1.82, 2.24) is 4.90 Å². The van der Waals surface area contributed by atoms with E-state index in [2.05, 4.69) is 0 Å².